The van der Waals surface area contributed by atoms with E-state index in [2.05, 4.69) is 10.3 Å². The van der Waals surface area contributed by atoms with Gasteiger partial charge in [0.25, 0.3) is 0 Å². The van der Waals surface area contributed by atoms with E-state index in [4.69, 9.17) is 11.6 Å². The predicted octanol–water partition coefficient (Wildman–Crippen LogP) is 2.69. The highest BCUT2D eigenvalue weighted by molar-refractivity contribution is 6.30. The molecule has 14 heavy (non-hydrogen) atoms. The fourth-order valence-corrected chi connectivity index (χ4v) is 1.45. The van der Waals surface area contributed by atoms with Gasteiger partial charge in [0.05, 0.1) is 12.1 Å². The Morgan fingerprint density at radius 2 is 2.21 bits per heavy atom. The van der Waals surface area contributed by atoms with Gasteiger partial charge in [-0.15, -0.1) is 0 Å². The van der Waals surface area contributed by atoms with Crippen LogP contribution in [0.3, 0.4) is 0 Å². The largest absolute Gasteiger partial charge is 0.305 e. The van der Waals surface area contributed by atoms with Crippen LogP contribution < -0.4 is 5.48 Å². The van der Waals surface area contributed by atoms with E-state index in [-0.39, 0.29) is 10.8 Å². The average molecular weight is 218 g/mol. The van der Waals surface area contributed by atoms with Gasteiger partial charge >= 0.3 is 0 Å². The van der Waals surface area contributed by atoms with Crippen LogP contribution in [0.25, 0.3) is 0 Å². The van der Waals surface area contributed by atoms with Crippen LogP contribution in [0.15, 0.2) is 12.1 Å². The number of hydrogen-bond donors (Lipinski definition) is 1. The highest BCUT2D eigenvalue weighted by Gasteiger charge is 2.08. The molecular formula is C10H13ClFNO. The summed E-state index contributed by atoms with van der Waals surface area (Å²) in [5, 5.41) is 0.164. The Labute approximate surface area is 88.0 Å². The van der Waals surface area contributed by atoms with Crippen molar-refractivity contribution in [3.05, 3.63) is 34.1 Å². The second kappa shape index (κ2) is 5.29. The molecule has 0 aliphatic heterocycles. The summed E-state index contributed by atoms with van der Waals surface area (Å²) < 4.78 is 13.4. The van der Waals surface area contributed by atoms with Gasteiger partial charge in [0.15, 0.2) is 0 Å². The molecule has 4 heteroatoms. The summed E-state index contributed by atoms with van der Waals surface area (Å²) in [4.78, 5) is 4.65. The first-order valence-electron chi connectivity index (χ1n) is 4.41. The third-order valence-corrected chi connectivity index (χ3v) is 2.25. The summed E-state index contributed by atoms with van der Waals surface area (Å²) in [6.07, 6.45) is 0.833. The lowest BCUT2D eigenvalue weighted by molar-refractivity contribution is 0.0859. The first kappa shape index (κ1) is 11.4. The average Bonchev–Trinajstić information content (AvgIpc) is 2.20. The van der Waals surface area contributed by atoms with Gasteiger partial charge in [-0.1, -0.05) is 24.6 Å². The minimum atomic E-state index is -0.381. The first-order valence-corrected chi connectivity index (χ1v) is 4.79. The summed E-state index contributed by atoms with van der Waals surface area (Å²) in [5.41, 5.74) is 4.13. The lowest BCUT2D eigenvalue weighted by atomic mass is 10.1. The maximum Gasteiger partial charge on any atom is 0.146 e. The van der Waals surface area contributed by atoms with E-state index in [1.54, 1.807) is 12.1 Å². The van der Waals surface area contributed by atoms with Crippen molar-refractivity contribution in [2.75, 3.05) is 7.11 Å². The zero-order valence-corrected chi connectivity index (χ0v) is 8.99. The van der Waals surface area contributed by atoms with E-state index in [1.165, 1.54) is 7.11 Å². The minimum absolute atomic E-state index is 0.164. The first-order chi connectivity index (χ1) is 6.69. The molecule has 0 spiro atoms. The van der Waals surface area contributed by atoms with Crippen LogP contribution in [-0.2, 0) is 17.8 Å². The van der Waals surface area contributed by atoms with Gasteiger partial charge in [-0.25, -0.2) is 4.39 Å². The molecule has 1 aromatic carbocycles. The Morgan fingerprint density at radius 3 is 2.79 bits per heavy atom. The number of hydroxylamine groups is 1. The lowest BCUT2D eigenvalue weighted by Gasteiger charge is -2.07. The number of rotatable bonds is 4. The van der Waals surface area contributed by atoms with E-state index in [0.29, 0.717) is 12.1 Å². The number of benzene rings is 1. The summed E-state index contributed by atoms with van der Waals surface area (Å²) in [6, 6.07) is 3.43. The summed E-state index contributed by atoms with van der Waals surface area (Å²) in [5.74, 6) is -0.381. The molecule has 0 radical (unpaired) electrons. The molecule has 78 valence electrons. The summed E-state index contributed by atoms with van der Waals surface area (Å²) >= 11 is 5.73. The van der Waals surface area contributed by atoms with E-state index in [9.17, 15) is 4.39 Å². The van der Waals surface area contributed by atoms with Crippen molar-refractivity contribution in [2.45, 2.75) is 19.9 Å². The molecule has 0 unspecified atom stereocenters. The van der Waals surface area contributed by atoms with Crippen LogP contribution >= 0.6 is 11.6 Å². The van der Waals surface area contributed by atoms with Crippen molar-refractivity contribution in [1.29, 1.82) is 0 Å². The topological polar surface area (TPSA) is 21.3 Å². The quantitative estimate of drug-likeness (QED) is 0.783. The monoisotopic (exact) mass is 217 g/mol. The van der Waals surface area contributed by atoms with Gasteiger partial charge < -0.3 is 4.84 Å². The molecule has 1 aromatic rings. The van der Waals surface area contributed by atoms with Gasteiger partial charge in [0.1, 0.15) is 5.82 Å². The number of aryl methyl sites for hydroxylation is 1. The van der Waals surface area contributed by atoms with Crippen molar-refractivity contribution >= 4 is 11.6 Å². The molecule has 2 nitrogen and oxygen atoms in total. The molecule has 0 atom stereocenters. The highest BCUT2D eigenvalue weighted by Crippen LogP contribution is 2.21. The van der Waals surface area contributed by atoms with Crippen molar-refractivity contribution in [3.63, 3.8) is 0 Å². The van der Waals surface area contributed by atoms with Crippen LogP contribution in [0, 0.1) is 5.82 Å². The Balaban J connectivity index is 2.95. The molecule has 1 N–H and O–H groups in total. The summed E-state index contributed by atoms with van der Waals surface area (Å²) in [6.45, 7) is 2.31. The van der Waals surface area contributed by atoms with Gasteiger partial charge in [0, 0.05) is 12.1 Å². The number of hydrogen-bond acceptors (Lipinski definition) is 2. The molecule has 1 rings (SSSR count). The zero-order chi connectivity index (χ0) is 10.6. The molecule has 0 saturated carbocycles. The predicted molar refractivity (Wildman–Crippen MR) is 54.6 cm³/mol. The molecule has 0 amide bonds. The maximum absolute atomic E-state index is 13.4. The Hall–Kier alpha value is -0.640. The van der Waals surface area contributed by atoms with Crippen LogP contribution in [0.2, 0.25) is 5.02 Å². The highest BCUT2D eigenvalue weighted by atomic mass is 35.5. The second-order valence-electron chi connectivity index (χ2n) is 2.93. The molecule has 0 aliphatic rings. The minimum Gasteiger partial charge on any atom is -0.305 e. The van der Waals surface area contributed by atoms with Gasteiger partial charge in [-0.05, 0) is 18.1 Å². The van der Waals surface area contributed by atoms with Crippen LogP contribution in [-0.4, -0.2) is 7.11 Å². The fraction of sp³-hybridized carbons (Fsp3) is 0.400. The molecule has 0 heterocycles. The van der Waals surface area contributed by atoms with Crippen molar-refractivity contribution in [2.24, 2.45) is 0 Å². The molecular weight excluding hydrogens is 205 g/mol. The smallest absolute Gasteiger partial charge is 0.146 e. The van der Waals surface area contributed by atoms with Crippen LogP contribution in [0.1, 0.15) is 18.1 Å². The van der Waals surface area contributed by atoms with E-state index in [1.807, 2.05) is 6.92 Å². The zero-order valence-electron chi connectivity index (χ0n) is 8.23. The van der Waals surface area contributed by atoms with Crippen molar-refractivity contribution in [3.8, 4) is 0 Å². The lowest BCUT2D eigenvalue weighted by Crippen LogP contribution is -2.12. The van der Waals surface area contributed by atoms with E-state index in [0.717, 1.165) is 12.0 Å². The van der Waals surface area contributed by atoms with Gasteiger partial charge in [-0.3, -0.25) is 0 Å². The van der Waals surface area contributed by atoms with E-state index >= 15 is 0 Å². The maximum atomic E-state index is 13.4. The SMILES string of the molecule is CCc1cc(Cl)c(F)c(CNOC)c1. The Kier molecular flexibility index (Phi) is 4.32. The third kappa shape index (κ3) is 2.67. The van der Waals surface area contributed by atoms with Gasteiger partial charge in [-0.2, -0.15) is 5.48 Å². The number of halogens is 2. The summed E-state index contributed by atoms with van der Waals surface area (Å²) in [7, 11) is 1.49. The molecule has 0 bridgehead atoms. The van der Waals surface area contributed by atoms with Crippen molar-refractivity contribution < 1.29 is 9.23 Å². The Bertz CT molecular complexity index is 317. The Morgan fingerprint density at radius 1 is 1.50 bits per heavy atom. The van der Waals surface area contributed by atoms with Gasteiger partial charge in [0.2, 0.25) is 0 Å². The number of nitrogens with one attached hydrogen (secondary N) is 1. The van der Waals surface area contributed by atoms with Crippen molar-refractivity contribution in [1.82, 2.24) is 5.48 Å². The fourth-order valence-electron chi connectivity index (χ4n) is 1.19. The molecule has 0 fully saturated rings. The normalized spacial score (nSPS) is 10.6. The standard InChI is InChI=1S/C10H13ClFNO/c1-3-7-4-8(6-13-14-2)10(12)9(11)5-7/h4-5,13H,3,6H2,1-2H3. The van der Waals surface area contributed by atoms with E-state index < -0.39 is 0 Å². The van der Waals surface area contributed by atoms with Crippen LogP contribution in [0.4, 0.5) is 4.39 Å². The molecule has 0 aliphatic carbocycles. The second-order valence-corrected chi connectivity index (χ2v) is 3.34. The third-order valence-electron chi connectivity index (χ3n) is 1.98. The molecule has 0 saturated heterocycles. The van der Waals surface area contributed by atoms with Crippen LogP contribution in [0.5, 0.6) is 0 Å². The molecule has 0 aromatic heterocycles.